The van der Waals surface area contributed by atoms with Crippen molar-refractivity contribution in [1.29, 1.82) is 0 Å². The van der Waals surface area contributed by atoms with Gasteiger partial charge in [0.1, 0.15) is 0 Å². The molecule has 4 N–H and O–H groups in total. The lowest BCUT2D eigenvalue weighted by Crippen LogP contribution is -2.49. The zero-order valence-electron chi connectivity index (χ0n) is 10.2. The van der Waals surface area contributed by atoms with Gasteiger partial charge in [-0.15, -0.1) is 0 Å². The third-order valence-corrected chi connectivity index (χ3v) is 2.83. The minimum Gasteiger partial charge on any atom is -0.376 e. The molecule has 0 aromatic rings. The van der Waals surface area contributed by atoms with Crippen LogP contribution >= 0.6 is 0 Å². The van der Waals surface area contributed by atoms with Crippen LogP contribution in [0.15, 0.2) is 0 Å². The summed E-state index contributed by atoms with van der Waals surface area (Å²) in [6.45, 7) is 3.06. The Kier molecular flexibility index (Phi) is 6.10. The smallest absolute Gasteiger partial charge is 0.289 e. The fraction of sp³-hybridized carbons (Fsp3) is 0.818. The number of carbonyl (C=O) groups is 2. The molecule has 0 aliphatic carbocycles. The predicted octanol–water partition coefficient (Wildman–Crippen LogP) is -0.517. The Labute approximate surface area is 101 Å². The van der Waals surface area contributed by atoms with Gasteiger partial charge in [0.15, 0.2) is 0 Å². The first-order valence-corrected chi connectivity index (χ1v) is 6.08. The van der Waals surface area contributed by atoms with Crippen molar-refractivity contribution in [3.8, 4) is 0 Å². The second kappa shape index (κ2) is 7.37. The number of Topliss-reactive ketones (excluding diaryl/α,β-unsaturated/α-hetero) is 1. The fourth-order valence-corrected chi connectivity index (χ4v) is 1.84. The Balaban J connectivity index is 2.31. The van der Waals surface area contributed by atoms with Crippen LogP contribution in [0.3, 0.4) is 0 Å². The van der Waals surface area contributed by atoms with Gasteiger partial charge in [-0.2, -0.15) is 0 Å². The maximum Gasteiger partial charge on any atom is 0.289 e. The number of rotatable bonds is 7. The number of nitrogens with two attached hydrogens (primary N) is 1. The summed E-state index contributed by atoms with van der Waals surface area (Å²) in [4.78, 5) is 23.2. The van der Waals surface area contributed by atoms with Crippen LogP contribution in [0.4, 0.5) is 0 Å². The Bertz CT molecular complexity index is 265. The van der Waals surface area contributed by atoms with E-state index in [1.54, 1.807) is 0 Å². The first-order chi connectivity index (χ1) is 8.19. The zero-order chi connectivity index (χ0) is 12.7. The lowest BCUT2D eigenvalue weighted by molar-refractivity contribution is -0.139. The number of nitrogens with one attached hydrogen (secondary N) is 2. The average molecular weight is 243 g/mol. The Morgan fingerprint density at radius 2 is 2.29 bits per heavy atom. The summed E-state index contributed by atoms with van der Waals surface area (Å²) in [7, 11) is 0. The number of ketones is 1. The van der Waals surface area contributed by atoms with Gasteiger partial charge in [0.2, 0.25) is 5.78 Å². The van der Waals surface area contributed by atoms with E-state index >= 15 is 0 Å². The summed E-state index contributed by atoms with van der Waals surface area (Å²) in [5.74, 6) is 4.15. The molecule has 6 nitrogen and oxygen atoms in total. The van der Waals surface area contributed by atoms with Crippen molar-refractivity contribution >= 4 is 11.7 Å². The molecular weight excluding hydrogens is 222 g/mol. The summed E-state index contributed by atoms with van der Waals surface area (Å²) in [6.07, 6.45) is 3.34. The molecule has 0 aromatic carbocycles. The molecule has 1 aliphatic heterocycles. The highest BCUT2D eigenvalue weighted by Gasteiger charge is 2.24. The molecule has 1 amide bonds. The number of ether oxygens (including phenoxy) is 1. The molecule has 1 fully saturated rings. The normalized spacial score (nSPS) is 21.2. The SMILES string of the molecule is CCCC(NN)C(=O)C(=O)NCC1CCCO1. The molecular formula is C11H21N3O3. The monoisotopic (exact) mass is 243 g/mol. The minimum atomic E-state index is -0.593. The molecule has 0 aromatic heterocycles. The van der Waals surface area contributed by atoms with Crippen LogP contribution in [0.25, 0.3) is 0 Å². The highest BCUT2D eigenvalue weighted by Crippen LogP contribution is 2.10. The van der Waals surface area contributed by atoms with Crippen LogP contribution in [-0.4, -0.2) is 37.0 Å². The topological polar surface area (TPSA) is 93.5 Å². The number of hydrogen-bond acceptors (Lipinski definition) is 5. The van der Waals surface area contributed by atoms with Crippen LogP contribution in [-0.2, 0) is 14.3 Å². The van der Waals surface area contributed by atoms with E-state index in [1.165, 1.54) is 0 Å². The second-order valence-electron chi connectivity index (χ2n) is 4.22. The van der Waals surface area contributed by atoms with E-state index in [0.717, 1.165) is 25.9 Å². The molecule has 1 aliphatic rings. The van der Waals surface area contributed by atoms with E-state index in [4.69, 9.17) is 10.6 Å². The second-order valence-corrected chi connectivity index (χ2v) is 4.22. The summed E-state index contributed by atoms with van der Waals surface area (Å²) < 4.78 is 5.35. The van der Waals surface area contributed by atoms with E-state index in [-0.39, 0.29) is 6.10 Å². The van der Waals surface area contributed by atoms with Crippen molar-refractivity contribution < 1.29 is 14.3 Å². The van der Waals surface area contributed by atoms with Gasteiger partial charge in [0, 0.05) is 13.2 Å². The Morgan fingerprint density at radius 3 is 2.82 bits per heavy atom. The van der Waals surface area contributed by atoms with Crippen molar-refractivity contribution in [2.75, 3.05) is 13.2 Å². The Hall–Kier alpha value is -0.980. The third-order valence-electron chi connectivity index (χ3n) is 2.83. The quantitative estimate of drug-likeness (QED) is 0.318. The van der Waals surface area contributed by atoms with Gasteiger partial charge >= 0.3 is 0 Å². The van der Waals surface area contributed by atoms with E-state index in [2.05, 4.69) is 10.7 Å². The van der Waals surface area contributed by atoms with Crippen molar-refractivity contribution in [3.63, 3.8) is 0 Å². The van der Waals surface area contributed by atoms with Gasteiger partial charge in [-0.1, -0.05) is 13.3 Å². The van der Waals surface area contributed by atoms with Crippen LogP contribution in [0, 0.1) is 0 Å². The molecule has 1 heterocycles. The predicted molar refractivity (Wildman–Crippen MR) is 63.0 cm³/mol. The van der Waals surface area contributed by atoms with Gasteiger partial charge in [-0.3, -0.25) is 15.4 Å². The molecule has 17 heavy (non-hydrogen) atoms. The number of carbonyl (C=O) groups excluding carboxylic acids is 2. The van der Waals surface area contributed by atoms with Gasteiger partial charge in [-0.05, 0) is 19.3 Å². The van der Waals surface area contributed by atoms with Gasteiger partial charge in [0.25, 0.3) is 5.91 Å². The molecule has 0 saturated carbocycles. The van der Waals surface area contributed by atoms with Gasteiger partial charge in [-0.25, -0.2) is 5.43 Å². The van der Waals surface area contributed by atoms with Gasteiger partial charge in [0.05, 0.1) is 12.1 Å². The van der Waals surface area contributed by atoms with Crippen LogP contribution in [0.5, 0.6) is 0 Å². The Morgan fingerprint density at radius 1 is 1.53 bits per heavy atom. The number of amides is 1. The van der Waals surface area contributed by atoms with Crippen molar-refractivity contribution in [3.05, 3.63) is 0 Å². The molecule has 0 radical (unpaired) electrons. The zero-order valence-corrected chi connectivity index (χ0v) is 10.2. The molecule has 98 valence electrons. The third kappa shape index (κ3) is 4.41. The van der Waals surface area contributed by atoms with Crippen LogP contribution in [0.1, 0.15) is 32.6 Å². The molecule has 1 rings (SSSR count). The standard InChI is InChI=1S/C11H21N3O3/c1-2-4-9(14-12)10(15)11(16)13-7-8-5-3-6-17-8/h8-9,14H,2-7,12H2,1H3,(H,13,16). The minimum absolute atomic E-state index is 0.0437. The van der Waals surface area contributed by atoms with E-state index in [0.29, 0.717) is 13.0 Å². The lowest BCUT2D eigenvalue weighted by Gasteiger charge is -2.14. The molecule has 2 atom stereocenters. The van der Waals surface area contributed by atoms with Crippen LogP contribution < -0.4 is 16.6 Å². The highest BCUT2D eigenvalue weighted by atomic mass is 16.5. The van der Waals surface area contributed by atoms with Crippen molar-refractivity contribution in [2.24, 2.45) is 5.84 Å². The van der Waals surface area contributed by atoms with E-state index < -0.39 is 17.7 Å². The molecule has 1 saturated heterocycles. The molecule has 0 bridgehead atoms. The van der Waals surface area contributed by atoms with E-state index in [1.807, 2.05) is 6.92 Å². The summed E-state index contributed by atoms with van der Waals surface area (Å²) >= 11 is 0. The van der Waals surface area contributed by atoms with Crippen molar-refractivity contribution in [1.82, 2.24) is 10.7 Å². The summed E-state index contributed by atoms with van der Waals surface area (Å²) in [5.41, 5.74) is 2.37. The first-order valence-electron chi connectivity index (χ1n) is 6.08. The van der Waals surface area contributed by atoms with E-state index in [9.17, 15) is 9.59 Å². The van der Waals surface area contributed by atoms with Crippen LogP contribution in [0.2, 0.25) is 0 Å². The lowest BCUT2D eigenvalue weighted by atomic mass is 10.1. The molecule has 2 unspecified atom stereocenters. The maximum atomic E-state index is 11.7. The average Bonchev–Trinajstić information content (AvgIpc) is 2.85. The number of hydrogen-bond donors (Lipinski definition) is 3. The largest absolute Gasteiger partial charge is 0.376 e. The molecule has 0 spiro atoms. The summed E-state index contributed by atoms with van der Waals surface area (Å²) in [6, 6.07) is -0.593. The number of hydrazine groups is 1. The fourth-order valence-electron chi connectivity index (χ4n) is 1.84. The molecule has 6 heteroatoms. The van der Waals surface area contributed by atoms with Gasteiger partial charge < -0.3 is 10.1 Å². The first kappa shape index (κ1) is 14.1. The summed E-state index contributed by atoms with van der Waals surface area (Å²) in [5, 5.41) is 2.59. The van der Waals surface area contributed by atoms with Crippen molar-refractivity contribution in [2.45, 2.75) is 44.8 Å². The highest BCUT2D eigenvalue weighted by molar-refractivity contribution is 6.38. The maximum absolute atomic E-state index is 11.7.